The van der Waals surface area contributed by atoms with E-state index >= 15 is 0 Å². The molecule has 0 unspecified atom stereocenters. The summed E-state index contributed by atoms with van der Waals surface area (Å²) in [6.45, 7) is 1.31. The Balaban J connectivity index is 1.91. The van der Waals surface area contributed by atoms with Gasteiger partial charge in [0.25, 0.3) is 0 Å². The third-order valence-corrected chi connectivity index (χ3v) is 6.06. The van der Waals surface area contributed by atoms with Crippen molar-refractivity contribution in [2.75, 3.05) is 27.2 Å². The Bertz CT molecular complexity index is 785. The van der Waals surface area contributed by atoms with E-state index in [9.17, 15) is 13.2 Å². The van der Waals surface area contributed by atoms with Crippen LogP contribution in [0.1, 0.15) is 44.1 Å². The van der Waals surface area contributed by atoms with Crippen molar-refractivity contribution in [3.63, 3.8) is 0 Å². The second kappa shape index (κ2) is 11.2. The molecule has 29 heavy (non-hydrogen) atoms. The lowest BCUT2D eigenvalue weighted by molar-refractivity contribution is -0.127. The molecule has 1 saturated carbocycles. The summed E-state index contributed by atoms with van der Waals surface area (Å²) < 4.78 is 22.7. The number of hydrogen-bond donors (Lipinski definition) is 3. The standard InChI is InChI=1S/C20H33N5O3S/c1-25(2)19(26)15-24-20(22-13-5-8-16-6-3-4-7-16)23-14-17-9-11-18(12-10-17)29(21,27)28/h9-12,16H,3-8,13-15H2,1-2H3,(H2,21,27,28)(H2,22,23,24). The lowest BCUT2D eigenvalue weighted by Gasteiger charge is -2.15. The molecule has 0 radical (unpaired) electrons. The number of rotatable bonds is 9. The minimum atomic E-state index is -3.70. The summed E-state index contributed by atoms with van der Waals surface area (Å²) in [5.41, 5.74) is 0.850. The SMILES string of the molecule is CN(C)C(=O)CNC(=NCc1ccc(S(N)(=O)=O)cc1)NCCCC1CCCC1. The van der Waals surface area contributed by atoms with Crippen LogP contribution >= 0.6 is 0 Å². The molecular weight excluding hydrogens is 390 g/mol. The van der Waals surface area contributed by atoms with E-state index in [-0.39, 0.29) is 17.3 Å². The highest BCUT2D eigenvalue weighted by atomic mass is 32.2. The second-order valence-electron chi connectivity index (χ2n) is 7.72. The number of nitrogens with zero attached hydrogens (tertiary/aromatic N) is 2. The third-order valence-electron chi connectivity index (χ3n) is 5.13. The van der Waals surface area contributed by atoms with Gasteiger partial charge in [-0.2, -0.15) is 0 Å². The molecule has 1 aliphatic carbocycles. The fourth-order valence-corrected chi connectivity index (χ4v) is 3.86. The van der Waals surface area contributed by atoms with Crippen LogP contribution in [0.25, 0.3) is 0 Å². The Labute approximate surface area is 174 Å². The first kappa shape index (κ1) is 23.2. The Kier molecular flexibility index (Phi) is 8.91. The lowest BCUT2D eigenvalue weighted by atomic mass is 10.0. The first-order chi connectivity index (χ1) is 13.8. The minimum Gasteiger partial charge on any atom is -0.356 e. The van der Waals surface area contributed by atoms with Crippen molar-refractivity contribution in [1.82, 2.24) is 15.5 Å². The quantitative estimate of drug-likeness (QED) is 0.316. The van der Waals surface area contributed by atoms with E-state index in [4.69, 9.17) is 5.14 Å². The zero-order valence-corrected chi connectivity index (χ0v) is 18.2. The van der Waals surface area contributed by atoms with Crippen LogP contribution in [-0.4, -0.2) is 52.4 Å². The average molecular weight is 424 g/mol. The molecule has 4 N–H and O–H groups in total. The highest BCUT2D eigenvalue weighted by molar-refractivity contribution is 7.89. The van der Waals surface area contributed by atoms with Gasteiger partial charge >= 0.3 is 0 Å². The molecule has 1 aromatic carbocycles. The molecule has 0 heterocycles. The molecule has 1 fully saturated rings. The first-order valence-electron chi connectivity index (χ1n) is 10.1. The molecule has 1 aliphatic rings. The first-order valence-corrected chi connectivity index (χ1v) is 11.6. The molecule has 1 aromatic rings. The number of nitrogens with two attached hydrogens (primary N) is 1. The largest absolute Gasteiger partial charge is 0.356 e. The van der Waals surface area contributed by atoms with E-state index in [1.165, 1.54) is 49.1 Å². The summed E-state index contributed by atoms with van der Waals surface area (Å²) in [5.74, 6) is 1.38. The molecule has 0 aliphatic heterocycles. The van der Waals surface area contributed by atoms with Crippen LogP contribution in [-0.2, 0) is 21.4 Å². The lowest BCUT2D eigenvalue weighted by Crippen LogP contribution is -2.43. The number of benzene rings is 1. The predicted molar refractivity (Wildman–Crippen MR) is 115 cm³/mol. The van der Waals surface area contributed by atoms with Crippen molar-refractivity contribution >= 4 is 21.9 Å². The number of nitrogens with one attached hydrogen (secondary N) is 2. The summed E-state index contributed by atoms with van der Waals surface area (Å²) in [4.78, 5) is 18.0. The maximum atomic E-state index is 11.9. The third kappa shape index (κ3) is 8.41. The summed E-state index contributed by atoms with van der Waals surface area (Å²) in [6.07, 6.45) is 7.66. The van der Waals surface area contributed by atoms with Crippen molar-refractivity contribution in [1.29, 1.82) is 0 Å². The van der Waals surface area contributed by atoms with Gasteiger partial charge in [0.2, 0.25) is 15.9 Å². The van der Waals surface area contributed by atoms with Gasteiger partial charge in [-0.05, 0) is 36.5 Å². The summed E-state index contributed by atoms with van der Waals surface area (Å²) >= 11 is 0. The van der Waals surface area contributed by atoms with E-state index in [1.807, 2.05) is 0 Å². The van der Waals surface area contributed by atoms with Gasteiger partial charge in [-0.15, -0.1) is 0 Å². The Morgan fingerprint density at radius 2 is 1.83 bits per heavy atom. The molecular formula is C20H33N5O3S. The monoisotopic (exact) mass is 423 g/mol. The van der Waals surface area contributed by atoms with Crippen LogP contribution in [0.3, 0.4) is 0 Å². The smallest absolute Gasteiger partial charge is 0.241 e. The van der Waals surface area contributed by atoms with Gasteiger partial charge in [-0.1, -0.05) is 37.8 Å². The van der Waals surface area contributed by atoms with Crippen LogP contribution < -0.4 is 15.8 Å². The number of carbonyl (C=O) groups is 1. The molecule has 8 nitrogen and oxygen atoms in total. The molecule has 0 atom stereocenters. The van der Waals surface area contributed by atoms with Gasteiger partial charge in [0.05, 0.1) is 18.0 Å². The normalized spacial score (nSPS) is 15.3. The Morgan fingerprint density at radius 1 is 1.17 bits per heavy atom. The number of hydrogen-bond acceptors (Lipinski definition) is 4. The minimum absolute atomic E-state index is 0.0389. The molecule has 0 bridgehead atoms. The van der Waals surface area contributed by atoms with E-state index in [0.717, 1.165) is 24.4 Å². The Hall–Kier alpha value is -2.13. The molecule has 1 amide bonds. The van der Waals surface area contributed by atoms with Crippen molar-refractivity contribution in [3.05, 3.63) is 29.8 Å². The van der Waals surface area contributed by atoms with E-state index in [0.29, 0.717) is 12.5 Å². The number of likely N-dealkylation sites (N-methyl/N-ethyl adjacent to an activating group) is 1. The van der Waals surface area contributed by atoms with Gasteiger partial charge in [0, 0.05) is 20.6 Å². The van der Waals surface area contributed by atoms with Crippen molar-refractivity contribution in [2.45, 2.75) is 50.0 Å². The van der Waals surface area contributed by atoms with E-state index in [2.05, 4.69) is 15.6 Å². The van der Waals surface area contributed by atoms with Crippen LogP contribution in [0.15, 0.2) is 34.2 Å². The highest BCUT2D eigenvalue weighted by Crippen LogP contribution is 2.28. The van der Waals surface area contributed by atoms with Gasteiger partial charge in [0.15, 0.2) is 5.96 Å². The zero-order valence-electron chi connectivity index (χ0n) is 17.4. The van der Waals surface area contributed by atoms with E-state index in [1.54, 1.807) is 26.2 Å². The number of aliphatic imine (C=N–C) groups is 1. The maximum absolute atomic E-state index is 11.9. The Morgan fingerprint density at radius 3 is 2.41 bits per heavy atom. The molecule has 162 valence electrons. The number of primary sulfonamides is 1. The maximum Gasteiger partial charge on any atom is 0.241 e. The molecule has 9 heteroatoms. The second-order valence-corrected chi connectivity index (χ2v) is 9.28. The summed E-state index contributed by atoms with van der Waals surface area (Å²) in [5, 5.41) is 11.5. The van der Waals surface area contributed by atoms with Crippen LogP contribution in [0.2, 0.25) is 0 Å². The van der Waals surface area contributed by atoms with Crippen molar-refractivity contribution in [2.24, 2.45) is 16.0 Å². The fourth-order valence-electron chi connectivity index (χ4n) is 3.34. The summed E-state index contributed by atoms with van der Waals surface area (Å²) in [7, 11) is -0.280. The molecule has 0 saturated heterocycles. The van der Waals surface area contributed by atoms with Crippen LogP contribution in [0.4, 0.5) is 0 Å². The van der Waals surface area contributed by atoms with Crippen LogP contribution in [0.5, 0.6) is 0 Å². The molecule has 0 aromatic heterocycles. The van der Waals surface area contributed by atoms with Crippen molar-refractivity contribution in [3.8, 4) is 0 Å². The van der Waals surface area contributed by atoms with E-state index < -0.39 is 10.0 Å². The van der Waals surface area contributed by atoms with Gasteiger partial charge in [-0.25, -0.2) is 18.5 Å². The van der Waals surface area contributed by atoms with Gasteiger partial charge < -0.3 is 15.5 Å². The summed E-state index contributed by atoms with van der Waals surface area (Å²) in [6, 6.07) is 6.31. The number of sulfonamides is 1. The van der Waals surface area contributed by atoms with Crippen LogP contribution in [0, 0.1) is 5.92 Å². The molecule has 2 rings (SSSR count). The van der Waals surface area contributed by atoms with Gasteiger partial charge in [0.1, 0.15) is 0 Å². The average Bonchev–Trinajstić information content (AvgIpc) is 3.19. The number of guanidine groups is 1. The topological polar surface area (TPSA) is 117 Å². The number of amides is 1. The predicted octanol–water partition coefficient (Wildman–Crippen LogP) is 1.43. The number of carbonyl (C=O) groups excluding carboxylic acids is 1. The highest BCUT2D eigenvalue weighted by Gasteiger charge is 2.14. The zero-order chi connectivity index (χ0) is 21.3. The van der Waals surface area contributed by atoms with Gasteiger partial charge in [-0.3, -0.25) is 4.79 Å². The fraction of sp³-hybridized carbons (Fsp3) is 0.600. The van der Waals surface area contributed by atoms with Crippen molar-refractivity contribution < 1.29 is 13.2 Å². The molecule has 0 spiro atoms.